The largest absolute Gasteiger partial charge is 0.493 e. The van der Waals surface area contributed by atoms with Crippen LogP contribution in [0.15, 0.2) is 48.5 Å². The normalized spacial score (nSPS) is 17.0. The Morgan fingerprint density at radius 3 is 2.71 bits per heavy atom. The molecule has 4 nitrogen and oxygen atoms in total. The van der Waals surface area contributed by atoms with Crippen molar-refractivity contribution in [3.05, 3.63) is 59.7 Å². The highest BCUT2D eigenvalue weighted by Crippen LogP contribution is 2.31. The molecule has 0 aliphatic carbocycles. The number of hydrogen-bond donors (Lipinski definition) is 1. The zero-order valence-electron chi connectivity index (χ0n) is 14.2. The number of hydrogen-bond acceptors (Lipinski definition) is 4. The first-order chi connectivity index (χ1) is 11.9. The third kappa shape index (κ3) is 4.49. The topological polar surface area (TPSA) is 39.7 Å². The first-order valence-corrected chi connectivity index (χ1v) is 8.51. The van der Waals surface area contributed by atoms with Crippen LogP contribution in [0.2, 0.25) is 0 Å². The summed E-state index contributed by atoms with van der Waals surface area (Å²) in [6, 6.07) is 16.4. The number of methoxy groups -OCH3 is 1. The molecule has 1 saturated heterocycles. The van der Waals surface area contributed by atoms with E-state index in [2.05, 4.69) is 35.6 Å². The van der Waals surface area contributed by atoms with E-state index in [0.717, 1.165) is 49.6 Å². The lowest BCUT2D eigenvalue weighted by Crippen LogP contribution is -2.19. The van der Waals surface area contributed by atoms with Crippen molar-refractivity contribution in [2.24, 2.45) is 0 Å². The van der Waals surface area contributed by atoms with Gasteiger partial charge >= 0.3 is 0 Å². The quantitative estimate of drug-likeness (QED) is 0.805. The molecule has 0 radical (unpaired) electrons. The van der Waals surface area contributed by atoms with Gasteiger partial charge in [0.1, 0.15) is 6.61 Å². The van der Waals surface area contributed by atoms with E-state index in [1.807, 2.05) is 18.2 Å². The highest BCUT2D eigenvalue weighted by Gasteiger charge is 2.18. The standard InChI is InChI=1S/C20H25NO3/c1-22-19-11-5-9-17(14-21-13-16-7-3-2-4-8-16)20(19)24-15-18-10-6-12-23-18/h2-5,7-9,11,18,21H,6,10,12-15H2,1H3. The maximum absolute atomic E-state index is 6.06. The van der Waals surface area contributed by atoms with Gasteiger partial charge in [-0.1, -0.05) is 42.5 Å². The van der Waals surface area contributed by atoms with Crippen LogP contribution in [0.25, 0.3) is 0 Å². The summed E-state index contributed by atoms with van der Waals surface area (Å²) < 4.78 is 17.2. The Balaban J connectivity index is 1.62. The van der Waals surface area contributed by atoms with E-state index in [1.165, 1.54) is 5.56 Å². The summed E-state index contributed by atoms with van der Waals surface area (Å²) in [6.45, 7) is 2.97. The van der Waals surface area contributed by atoms with Crippen LogP contribution in [-0.4, -0.2) is 26.4 Å². The van der Waals surface area contributed by atoms with Crippen LogP contribution in [0.3, 0.4) is 0 Å². The molecule has 1 atom stereocenters. The van der Waals surface area contributed by atoms with E-state index in [0.29, 0.717) is 6.61 Å². The molecule has 1 fully saturated rings. The lowest BCUT2D eigenvalue weighted by molar-refractivity contribution is 0.0666. The predicted molar refractivity (Wildman–Crippen MR) is 94.4 cm³/mol. The highest BCUT2D eigenvalue weighted by molar-refractivity contribution is 5.46. The van der Waals surface area contributed by atoms with Gasteiger partial charge in [-0.3, -0.25) is 0 Å². The Labute approximate surface area is 143 Å². The highest BCUT2D eigenvalue weighted by atomic mass is 16.5. The molecule has 1 aliphatic rings. The van der Waals surface area contributed by atoms with Crippen LogP contribution in [-0.2, 0) is 17.8 Å². The van der Waals surface area contributed by atoms with Crippen molar-refractivity contribution >= 4 is 0 Å². The molecule has 4 heteroatoms. The number of ether oxygens (including phenoxy) is 3. The van der Waals surface area contributed by atoms with Crippen molar-refractivity contribution in [3.63, 3.8) is 0 Å². The van der Waals surface area contributed by atoms with Gasteiger partial charge in [0.05, 0.1) is 13.2 Å². The average Bonchev–Trinajstić information content (AvgIpc) is 3.15. The van der Waals surface area contributed by atoms with E-state index >= 15 is 0 Å². The van der Waals surface area contributed by atoms with Gasteiger partial charge in [-0.25, -0.2) is 0 Å². The summed E-state index contributed by atoms with van der Waals surface area (Å²) in [5, 5.41) is 3.47. The fraction of sp³-hybridized carbons (Fsp3) is 0.400. The molecule has 0 aromatic heterocycles. The molecule has 24 heavy (non-hydrogen) atoms. The third-order valence-corrected chi connectivity index (χ3v) is 4.21. The number of para-hydroxylation sites is 1. The van der Waals surface area contributed by atoms with Crippen molar-refractivity contribution in [2.45, 2.75) is 32.0 Å². The van der Waals surface area contributed by atoms with Gasteiger partial charge < -0.3 is 19.5 Å². The molecular weight excluding hydrogens is 302 g/mol. The minimum Gasteiger partial charge on any atom is -0.493 e. The van der Waals surface area contributed by atoms with Crippen LogP contribution in [0.1, 0.15) is 24.0 Å². The minimum atomic E-state index is 0.194. The second kappa shape index (κ2) is 8.71. The Morgan fingerprint density at radius 1 is 1.08 bits per heavy atom. The molecule has 0 spiro atoms. The van der Waals surface area contributed by atoms with E-state index in [4.69, 9.17) is 14.2 Å². The Morgan fingerprint density at radius 2 is 1.96 bits per heavy atom. The molecule has 3 rings (SSSR count). The molecule has 0 saturated carbocycles. The van der Waals surface area contributed by atoms with Crippen molar-refractivity contribution in [3.8, 4) is 11.5 Å². The summed E-state index contributed by atoms with van der Waals surface area (Å²) in [6.07, 6.45) is 2.38. The molecule has 0 amide bonds. The summed E-state index contributed by atoms with van der Waals surface area (Å²) in [5.41, 5.74) is 2.37. The molecule has 0 bridgehead atoms. The second-order valence-electron chi connectivity index (χ2n) is 5.98. The summed E-state index contributed by atoms with van der Waals surface area (Å²) >= 11 is 0. The van der Waals surface area contributed by atoms with Crippen molar-refractivity contribution in [2.75, 3.05) is 20.3 Å². The summed E-state index contributed by atoms with van der Waals surface area (Å²) in [7, 11) is 1.68. The van der Waals surface area contributed by atoms with Crippen LogP contribution in [0.4, 0.5) is 0 Å². The second-order valence-corrected chi connectivity index (χ2v) is 5.98. The summed E-state index contributed by atoms with van der Waals surface area (Å²) in [5.74, 6) is 1.59. The first-order valence-electron chi connectivity index (χ1n) is 8.51. The van der Waals surface area contributed by atoms with Crippen LogP contribution < -0.4 is 14.8 Å². The van der Waals surface area contributed by atoms with Crippen molar-refractivity contribution in [1.82, 2.24) is 5.32 Å². The molecule has 2 aromatic carbocycles. The SMILES string of the molecule is COc1cccc(CNCc2ccccc2)c1OCC1CCCO1. The van der Waals surface area contributed by atoms with Crippen LogP contribution >= 0.6 is 0 Å². The first kappa shape index (κ1) is 16.8. The lowest BCUT2D eigenvalue weighted by Gasteiger charge is -2.17. The average molecular weight is 327 g/mol. The van der Waals surface area contributed by atoms with Crippen LogP contribution in [0.5, 0.6) is 11.5 Å². The molecule has 1 aliphatic heterocycles. The Hall–Kier alpha value is -2.04. The lowest BCUT2D eigenvalue weighted by atomic mass is 10.1. The minimum absolute atomic E-state index is 0.194. The summed E-state index contributed by atoms with van der Waals surface area (Å²) in [4.78, 5) is 0. The van der Waals surface area contributed by atoms with Gasteiger partial charge in [0.25, 0.3) is 0 Å². The maximum Gasteiger partial charge on any atom is 0.165 e. The zero-order chi connectivity index (χ0) is 16.6. The van der Waals surface area contributed by atoms with E-state index in [-0.39, 0.29) is 6.10 Å². The molecule has 1 N–H and O–H groups in total. The Kier molecular flexibility index (Phi) is 6.10. The van der Waals surface area contributed by atoms with Gasteiger partial charge in [-0.05, 0) is 24.5 Å². The van der Waals surface area contributed by atoms with Crippen LogP contribution in [0, 0.1) is 0 Å². The number of benzene rings is 2. The van der Waals surface area contributed by atoms with Gasteiger partial charge in [-0.2, -0.15) is 0 Å². The van der Waals surface area contributed by atoms with Gasteiger partial charge in [0.15, 0.2) is 11.5 Å². The molecule has 128 valence electrons. The molecule has 2 aromatic rings. The van der Waals surface area contributed by atoms with Gasteiger partial charge in [0.2, 0.25) is 0 Å². The van der Waals surface area contributed by atoms with E-state index in [1.54, 1.807) is 7.11 Å². The maximum atomic E-state index is 6.06. The van der Waals surface area contributed by atoms with Gasteiger partial charge in [-0.15, -0.1) is 0 Å². The third-order valence-electron chi connectivity index (χ3n) is 4.21. The predicted octanol–water partition coefficient (Wildman–Crippen LogP) is 3.54. The van der Waals surface area contributed by atoms with Crippen molar-refractivity contribution in [1.29, 1.82) is 0 Å². The fourth-order valence-corrected chi connectivity index (χ4v) is 2.91. The Bertz CT molecular complexity index is 624. The van der Waals surface area contributed by atoms with E-state index < -0.39 is 0 Å². The smallest absolute Gasteiger partial charge is 0.165 e. The number of nitrogens with one attached hydrogen (secondary N) is 1. The van der Waals surface area contributed by atoms with Gasteiger partial charge in [0, 0.05) is 25.3 Å². The fourth-order valence-electron chi connectivity index (χ4n) is 2.91. The number of rotatable bonds is 8. The van der Waals surface area contributed by atoms with Crippen molar-refractivity contribution < 1.29 is 14.2 Å². The monoisotopic (exact) mass is 327 g/mol. The van der Waals surface area contributed by atoms with E-state index in [9.17, 15) is 0 Å². The molecular formula is C20H25NO3. The molecule has 1 heterocycles. The zero-order valence-corrected chi connectivity index (χ0v) is 14.2. The molecule has 1 unspecified atom stereocenters.